The second-order valence-electron chi connectivity index (χ2n) is 4.07. The Morgan fingerprint density at radius 3 is 2.23 bits per heavy atom. The van der Waals surface area contributed by atoms with E-state index in [1.54, 1.807) is 0 Å². The topological polar surface area (TPSA) is 18.5 Å². The van der Waals surface area contributed by atoms with Gasteiger partial charge in [0.05, 0.1) is 0 Å². The van der Waals surface area contributed by atoms with Crippen LogP contribution in [0.15, 0.2) is 0 Å². The fraction of sp³-hybridized carbons (Fsp3) is 1.00. The summed E-state index contributed by atoms with van der Waals surface area (Å²) in [6, 6.07) is 2.40. The Labute approximate surface area is 82.9 Å². The molecule has 1 fully saturated rings. The first kappa shape index (κ1) is 11.2. The molecule has 0 aromatic carbocycles. The molecule has 0 aromatic heterocycles. The molecule has 1 saturated carbocycles. The lowest BCUT2D eigenvalue weighted by molar-refractivity contribution is 0.238. The lowest BCUT2D eigenvalue weighted by atomic mass is 10.4. The molecule has 0 N–H and O–H groups in total. The number of hydrogen-bond acceptors (Lipinski definition) is 2. The van der Waals surface area contributed by atoms with E-state index >= 15 is 0 Å². The third-order valence-electron chi connectivity index (χ3n) is 2.95. The van der Waals surface area contributed by atoms with E-state index in [0.717, 1.165) is 5.92 Å². The Morgan fingerprint density at radius 1 is 1.23 bits per heavy atom. The van der Waals surface area contributed by atoms with E-state index in [4.69, 9.17) is 8.85 Å². The van der Waals surface area contributed by atoms with Crippen molar-refractivity contribution in [2.75, 3.05) is 14.2 Å². The van der Waals surface area contributed by atoms with Gasteiger partial charge < -0.3 is 8.85 Å². The highest BCUT2D eigenvalue weighted by Gasteiger charge is 2.40. The van der Waals surface area contributed by atoms with Gasteiger partial charge in [0.15, 0.2) is 0 Å². The highest BCUT2D eigenvalue weighted by Crippen LogP contribution is 2.39. The van der Waals surface area contributed by atoms with Crippen molar-refractivity contribution in [3.8, 4) is 0 Å². The van der Waals surface area contributed by atoms with Gasteiger partial charge in [0.1, 0.15) is 0 Å². The summed E-state index contributed by atoms with van der Waals surface area (Å²) in [6.45, 7) is 2.22. The van der Waals surface area contributed by atoms with Crippen LogP contribution in [0, 0.1) is 5.92 Å². The van der Waals surface area contributed by atoms with Crippen molar-refractivity contribution in [1.82, 2.24) is 0 Å². The molecule has 0 spiro atoms. The first-order valence-corrected chi connectivity index (χ1v) is 7.59. The van der Waals surface area contributed by atoms with Gasteiger partial charge in [0.25, 0.3) is 0 Å². The maximum absolute atomic E-state index is 5.66. The van der Waals surface area contributed by atoms with Gasteiger partial charge in [-0.1, -0.05) is 32.6 Å². The molecule has 1 aliphatic carbocycles. The van der Waals surface area contributed by atoms with Crippen LogP contribution in [0.2, 0.25) is 12.1 Å². The van der Waals surface area contributed by atoms with Crippen LogP contribution in [0.4, 0.5) is 0 Å². The summed E-state index contributed by atoms with van der Waals surface area (Å²) >= 11 is 0. The third-order valence-corrected chi connectivity index (χ3v) is 6.75. The van der Waals surface area contributed by atoms with Crippen molar-refractivity contribution < 1.29 is 8.85 Å². The van der Waals surface area contributed by atoms with Crippen LogP contribution in [-0.4, -0.2) is 22.8 Å². The average Bonchev–Trinajstić information content (AvgIpc) is 2.96. The second-order valence-corrected chi connectivity index (χ2v) is 7.62. The SMILES string of the molecule is CCCC[Si](CC1CC1)(OC)OC. The smallest absolute Gasteiger partial charge is 0.337 e. The molecule has 0 unspecified atom stereocenters. The molecular formula is C10H22O2Si. The van der Waals surface area contributed by atoms with Crippen LogP contribution in [-0.2, 0) is 8.85 Å². The van der Waals surface area contributed by atoms with Crippen LogP contribution in [0.25, 0.3) is 0 Å². The molecule has 2 nitrogen and oxygen atoms in total. The molecular weight excluding hydrogens is 180 g/mol. The summed E-state index contributed by atoms with van der Waals surface area (Å²) in [6.07, 6.45) is 5.29. The predicted octanol–water partition coefficient (Wildman–Crippen LogP) is 2.93. The standard InChI is InChI=1S/C10H22O2Si/c1-4-5-8-13(11-2,12-3)9-10-6-7-10/h10H,4-9H2,1-3H3. The minimum absolute atomic E-state index is 0.920. The molecule has 0 saturated heterocycles. The minimum Gasteiger partial charge on any atom is -0.398 e. The molecule has 3 heteroatoms. The predicted molar refractivity (Wildman–Crippen MR) is 57.0 cm³/mol. The maximum atomic E-state index is 5.66. The lowest BCUT2D eigenvalue weighted by Crippen LogP contribution is -2.40. The quantitative estimate of drug-likeness (QED) is 0.591. The molecule has 1 aliphatic rings. The zero-order chi connectivity index (χ0) is 9.73. The summed E-state index contributed by atoms with van der Waals surface area (Å²) in [7, 11) is 1.89. The summed E-state index contributed by atoms with van der Waals surface area (Å²) in [5.41, 5.74) is 0. The van der Waals surface area contributed by atoms with Gasteiger partial charge in [-0.2, -0.15) is 0 Å². The third kappa shape index (κ3) is 3.41. The Bertz CT molecular complexity index is 142. The monoisotopic (exact) mass is 202 g/mol. The Hall–Kier alpha value is 0.137. The molecule has 0 amide bonds. The summed E-state index contributed by atoms with van der Waals surface area (Å²) < 4.78 is 11.3. The number of hydrogen-bond donors (Lipinski definition) is 0. The van der Waals surface area contributed by atoms with Crippen molar-refractivity contribution in [2.24, 2.45) is 5.92 Å². The summed E-state index contributed by atoms with van der Waals surface area (Å²) in [5.74, 6) is 0.920. The molecule has 0 bridgehead atoms. The molecule has 1 rings (SSSR count). The summed E-state index contributed by atoms with van der Waals surface area (Å²) in [4.78, 5) is 0. The van der Waals surface area contributed by atoms with E-state index in [0.29, 0.717) is 0 Å². The molecule has 0 radical (unpaired) electrons. The minimum atomic E-state index is -1.76. The fourth-order valence-electron chi connectivity index (χ4n) is 1.76. The van der Waals surface area contributed by atoms with Crippen LogP contribution >= 0.6 is 0 Å². The number of unbranched alkanes of at least 4 members (excludes halogenated alkanes) is 1. The first-order valence-electron chi connectivity index (χ1n) is 5.36. The van der Waals surface area contributed by atoms with E-state index in [1.165, 1.54) is 37.8 Å². The van der Waals surface area contributed by atoms with Gasteiger partial charge in [0, 0.05) is 14.2 Å². The van der Waals surface area contributed by atoms with Crippen LogP contribution < -0.4 is 0 Å². The van der Waals surface area contributed by atoms with Gasteiger partial charge in [0.2, 0.25) is 0 Å². The fourth-order valence-corrected chi connectivity index (χ4v) is 5.06. The highest BCUT2D eigenvalue weighted by molar-refractivity contribution is 6.67. The van der Waals surface area contributed by atoms with E-state index in [-0.39, 0.29) is 0 Å². The van der Waals surface area contributed by atoms with Crippen molar-refractivity contribution >= 4 is 8.56 Å². The van der Waals surface area contributed by atoms with E-state index in [2.05, 4.69) is 6.92 Å². The van der Waals surface area contributed by atoms with Gasteiger partial charge in [-0.25, -0.2) is 0 Å². The van der Waals surface area contributed by atoms with E-state index in [1.807, 2.05) is 14.2 Å². The zero-order valence-electron chi connectivity index (χ0n) is 9.14. The molecule has 0 aromatic rings. The maximum Gasteiger partial charge on any atom is 0.337 e. The zero-order valence-corrected chi connectivity index (χ0v) is 10.1. The van der Waals surface area contributed by atoms with Crippen molar-refractivity contribution in [1.29, 1.82) is 0 Å². The number of rotatable bonds is 7. The van der Waals surface area contributed by atoms with Crippen molar-refractivity contribution in [2.45, 2.75) is 44.7 Å². The Balaban J connectivity index is 2.38. The second kappa shape index (κ2) is 5.13. The molecule has 78 valence electrons. The van der Waals surface area contributed by atoms with Crippen LogP contribution in [0.1, 0.15) is 32.6 Å². The lowest BCUT2D eigenvalue weighted by Gasteiger charge is -2.27. The van der Waals surface area contributed by atoms with Crippen LogP contribution in [0.5, 0.6) is 0 Å². The van der Waals surface area contributed by atoms with Crippen molar-refractivity contribution in [3.05, 3.63) is 0 Å². The Morgan fingerprint density at radius 2 is 1.85 bits per heavy atom. The first-order chi connectivity index (χ1) is 6.26. The van der Waals surface area contributed by atoms with E-state index in [9.17, 15) is 0 Å². The van der Waals surface area contributed by atoms with Gasteiger partial charge in [-0.3, -0.25) is 0 Å². The molecule has 0 heterocycles. The van der Waals surface area contributed by atoms with E-state index < -0.39 is 8.56 Å². The van der Waals surface area contributed by atoms with Crippen LogP contribution in [0.3, 0.4) is 0 Å². The van der Waals surface area contributed by atoms with Gasteiger partial charge in [-0.05, 0) is 18.0 Å². The normalized spacial score (nSPS) is 17.8. The van der Waals surface area contributed by atoms with Gasteiger partial charge >= 0.3 is 8.56 Å². The highest BCUT2D eigenvalue weighted by atomic mass is 28.4. The van der Waals surface area contributed by atoms with Gasteiger partial charge in [-0.15, -0.1) is 0 Å². The average molecular weight is 202 g/mol. The Kier molecular flexibility index (Phi) is 4.42. The summed E-state index contributed by atoms with van der Waals surface area (Å²) in [5, 5.41) is 0. The van der Waals surface area contributed by atoms with Crippen molar-refractivity contribution in [3.63, 3.8) is 0 Å². The largest absolute Gasteiger partial charge is 0.398 e. The molecule has 0 aliphatic heterocycles. The molecule has 13 heavy (non-hydrogen) atoms. The molecule has 0 atom stereocenters.